The second-order valence-corrected chi connectivity index (χ2v) is 4.50. The van der Waals surface area contributed by atoms with Gasteiger partial charge in [-0.3, -0.25) is 0 Å². The summed E-state index contributed by atoms with van der Waals surface area (Å²) in [6, 6.07) is 2.00. The van der Waals surface area contributed by atoms with Crippen LogP contribution in [0.1, 0.15) is 26.7 Å². The predicted octanol–water partition coefficient (Wildman–Crippen LogP) is 1.98. The molecule has 4 nitrogen and oxygen atoms in total. The van der Waals surface area contributed by atoms with Crippen molar-refractivity contribution in [2.75, 3.05) is 5.75 Å². The van der Waals surface area contributed by atoms with Gasteiger partial charge >= 0.3 is 0 Å². The van der Waals surface area contributed by atoms with Crippen LogP contribution in [0.15, 0.2) is 9.64 Å². The fourth-order valence-corrected chi connectivity index (χ4v) is 1.09. The van der Waals surface area contributed by atoms with Crippen LogP contribution < -0.4 is 0 Å². The van der Waals surface area contributed by atoms with Crippen molar-refractivity contribution < 1.29 is 4.42 Å². The van der Waals surface area contributed by atoms with Gasteiger partial charge in [0, 0.05) is 5.41 Å². The molecule has 1 aromatic heterocycles. The lowest BCUT2D eigenvalue weighted by atomic mass is 9.97. The summed E-state index contributed by atoms with van der Waals surface area (Å²) in [5, 5.41) is 16.5. The third kappa shape index (κ3) is 2.74. The Morgan fingerprint density at radius 2 is 2.15 bits per heavy atom. The maximum atomic E-state index is 8.33. The Morgan fingerprint density at radius 3 is 2.62 bits per heavy atom. The van der Waals surface area contributed by atoms with Crippen molar-refractivity contribution in [3.63, 3.8) is 0 Å². The molecule has 13 heavy (non-hydrogen) atoms. The van der Waals surface area contributed by atoms with Gasteiger partial charge in [0.2, 0.25) is 5.89 Å². The Bertz CT molecular complexity index is 321. The molecule has 1 heterocycles. The second kappa shape index (κ2) is 3.79. The molecule has 0 radical (unpaired) electrons. The molecule has 0 aromatic carbocycles. The lowest BCUT2D eigenvalue weighted by Crippen LogP contribution is -2.11. The van der Waals surface area contributed by atoms with Gasteiger partial charge in [-0.05, 0) is 0 Å². The minimum Gasteiger partial charge on any atom is -0.415 e. The Morgan fingerprint density at radius 1 is 1.46 bits per heavy atom. The molecule has 0 bridgehead atoms. The van der Waals surface area contributed by atoms with Crippen LogP contribution in [-0.4, -0.2) is 16.0 Å². The summed E-state index contributed by atoms with van der Waals surface area (Å²) in [4.78, 5) is 0. The number of thioether (sulfide) groups is 1. The zero-order valence-electron chi connectivity index (χ0n) is 7.87. The smallest absolute Gasteiger partial charge is 0.277 e. The lowest BCUT2D eigenvalue weighted by Gasteiger charge is -2.10. The van der Waals surface area contributed by atoms with Gasteiger partial charge in [-0.2, -0.15) is 5.26 Å². The summed E-state index contributed by atoms with van der Waals surface area (Å²) in [5.41, 5.74) is -0.127. The van der Waals surface area contributed by atoms with E-state index in [0.29, 0.717) is 16.9 Å². The Labute approximate surface area is 81.3 Å². The van der Waals surface area contributed by atoms with Gasteiger partial charge in [-0.25, -0.2) is 0 Å². The molecule has 0 saturated carbocycles. The molecule has 0 aliphatic carbocycles. The minimum absolute atomic E-state index is 0.127. The first-order chi connectivity index (χ1) is 6.04. The Kier molecular flexibility index (Phi) is 2.94. The lowest BCUT2D eigenvalue weighted by molar-refractivity contribution is 0.347. The van der Waals surface area contributed by atoms with Crippen LogP contribution >= 0.6 is 11.8 Å². The average Bonchev–Trinajstić information content (AvgIpc) is 2.47. The first kappa shape index (κ1) is 10.1. The van der Waals surface area contributed by atoms with Crippen molar-refractivity contribution in [2.45, 2.75) is 31.4 Å². The molecule has 0 N–H and O–H groups in total. The van der Waals surface area contributed by atoms with Crippen LogP contribution in [0, 0.1) is 11.3 Å². The number of aromatic nitrogens is 2. The summed E-state index contributed by atoms with van der Waals surface area (Å²) in [5.74, 6) is 0.944. The van der Waals surface area contributed by atoms with Crippen LogP contribution in [0.25, 0.3) is 0 Å². The molecular formula is C8H11N3OS. The summed E-state index contributed by atoms with van der Waals surface area (Å²) >= 11 is 1.26. The standard InChI is InChI=1S/C8H11N3OS/c1-8(2,3)6-10-11-7(12-6)13-5-4-9/h5H2,1-3H3. The van der Waals surface area contributed by atoms with Crippen LogP contribution in [0.3, 0.4) is 0 Å². The molecule has 70 valence electrons. The number of hydrogen-bond acceptors (Lipinski definition) is 5. The van der Waals surface area contributed by atoms with E-state index in [1.165, 1.54) is 11.8 Å². The van der Waals surface area contributed by atoms with E-state index in [1.54, 1.807) is 0 Å². The van der Waals surface area contributed by atoms with Gasteiger partial charge in [-0.15, -0.1) is 10.2 Å². The fraction of sp³-hybridized carbons (Fsp3) is 0.625. The zero-order valence-corrected chi connectivity index (χ0v) is 8.68. The molecular weight excluding hydrogens is 186 g/mol. The molecule has 0 aliphatic rings. The van der Waals surface area contributed by atoms with E-state index in [4.69, 9.17) is 9.68 Å². The van der Waals surface area contributed by atoms with Gasteiger partial charge in [-0.1, -0.05) is 32.5 Å². The highest BCUT2D eigenvalue weighted by atomic mass is 32.2. The molecule has 0 aliphatic heterocycles. The molecule has 0 amide bonds. The molecule has 5 heteroatoms. The molecule has 1 aromatic rings. The molecule has 1 rings (SSSR count). The number of nitriles is 1. The van der Waals surface area contributed by atoms with E-state index >= 15 is 0 Å². The number of hydrogen-bond donors (Lipinski definition) is 0. The SMILES string of the molecule is CC(C)(C)c1nnc(SCC#N)o1. The van der Waals surface area contributed by atoms with Crippen molar-refractivity contribution in [3.05, 3.63) is 5.89 Å². The van der Waals surface area contributed by atoms with Crippen molar-refractivity contribution >= 4 is 11.8 Å². The largest absolute Gasteiger partial charge is 0.415 e. The molecule has 0 atom stereocenters. The Balaban J connectivity index is 2.71. The monoisotopic (exact) mass is 197 g/mol. The Hall–Kier alpha value is -1.02. The first-order valence-electron chi connectivity index (χ1n) is 3.88. The molecule has 0 spiro atoms. The van der Waals surface area contributed by atoms with Gasteiger partial charge in [0.05, 0.1) is 11.8 Å². The van der Waals surface area contributed by atoms with E-state index in [-0.39, 0.29) is 5.41 Å². The summed E-state index contributed by atoms with van der Waals surface area (Å²) in [6.45, 7) is 6.00. The first-order valence-corrected chi connectivity index (χ1v) is 4.86. The highest BCUT2D eigenvalue weighted by molar-refractivity contribution is 7.99. The van der Waals surface area contributed by atoms with E-state index in [1.807, 2.05) is 26.8 Å². The normalized spacial score (nSPS) is 11.2. The third-order valence-electron chi connectivity index (χ3n) is 1.31. The highest BCUT2D eigenvalue weighted by Crippen LogP contribution is 2.24. The maximum absolute atomic E-state index is 8.33. The average molecular weight is 197 g/mol. The summed E-state index contributed by atoms with van der Waals surface area (Å²) in [6.07, 6.45) is 0. The van der Waals surface area contributed by atoms with Gasteiger partial charge in [0.1, 0.15) is 0 Å². The minimum atomic E-state index is -0.127. The second-order valence-electron chi connectivity index (χ2n) is 3.57. The fourth-order valence-electron chi connectivity index (χ4n) is 0.665. The van der Waals surface area contributed by atoms with Crippen molar-refractivity contribution in [1.29, 1.82) is 5.26 Å². The van der Waals surface area contributed by atoms with E-state index < -0.39 is 0 Å². The van der Waals surface area contributed by atoms with Gasteiger partial charge in [0.15, 0.2) is 0 Å². The van der Waals surface area contributed by atoms with E-state index in [0.717, 1.165) is 0 Å². The van der Waals surface area contributed by atoms with E-state index in [9.17, 15) is 0 Å². The van der Waals surface area contributed by atoms with Crippen LogP contribution in [0.5, 0.6) is 0 Å². The van der Waals surface area contributed by atoms with Crippen molar-refractivity contribution in [2.24, 2.45) is 0 Å². The topological polar surface area (TPSA) is 62.7 Å². The quantitative estimate of drug-likeness (QED) is 0.678. The molecule has 0 unspecified atom stereocenters. The van der Waals surface area contributed by atoms with Crippen molar-refractivity contribution in [1.82, 2.24) is 10.2 Å². The van der Waals surface area contributed by atoms with Crippen LogP contribution in [0.2, 0.25) is 0 Å². The van der Waals surface area contributed by atoms with Crippen LogP contribution in [0.4, 0.5) is 0 Å². The van der Waals surface area contributed by atoms with Crippen molar-refractivity contribution in [3.8, 4) is 6.07 Å². The van der Waals surface area contributed by atoms with Crippen LogP contribution in [-0.2, 0) is 5.41 Å². The summed E-state index contributed by atoms with van der Waals surface area (Å²) in [7, 11) is 0. The third-order valence-corrected chi connectivity index (χ3v) is 1.99. The van der Waals surface area contributed by atoms with Gasteiger partial charge in [0.25, 0.3) is 5.22 Å². The zero-order chi connectivity index (χ0) is 9.90. The number of rotatable bonds is 2. The predicted molar refractivity (Wildman–Crippen MR) is 49.3 cm³/mol. The van der Waals surface area contributed by atoms with Gasteiger partial charge < -0.3 is 4.42 Å². The maximum Gasteiger partial charge on any atom is 0.277 e. The molecule has 0 fully saturated rings. The number of nitrogens with zero attached hydrogens (tertiary/aromatic N) is 3. The summed E-state index contributed by atoms with van der Waals surface area (Å²) < 4.78 is 5.34. The molecule has 0 saturated heterocycles. The van der Waals surface area contributed by atoms with E-state index in [2.05, 4.69) is 10.2 Å². The highest BCUT2D eigenvalue weighted by Gasteiger charge is 2.21.